The second-order valence-electron chi connectivity index (χ2n) is 4.51. The van der Waals surface area contributed by atoms with E-state index in [4.69, 9.17) is 0 Å². The van der Waals surface area contributed by atoms with Crippen molar-refractivity contribution in [1.29, 1.82) is 0 Å². The first-order valence-corrected chi connectivity index (χ1v) is 7.61. The molecule has 6 nitrogen and oxygen atoms in total. The molecule has 1 aromatic rings. The number of hydrogen-bond donors (Lipinski definition) is 1. The van der Waals surface area contributed by atoms with Gasteiger partial charge in [0.25, 0.3) is 10.0 Å². The number of hydrogen-bond acceptors (Lipinski definition) is 4. The van der Waals surface area contributed by atoms with Crippen LogP contribution in [-0.2, 0) is 16.6 Å². The molecule has 1 N–H and O–H groups in total. The Morgan fingerprint density at radius 2 is 2.28 bits per heavy atom. The van der Waals surface area contributed by atoms with Gasteiger partial charge >= 0.3 is 0 Å². The minimum Gasteiger partial charge on any atom is -0.395 e. The normalized spacial score (nSPS) is 21.6. The first-order valence-electron chi connectivity index (χ1n) is 6.17. The minimum atomic E-state index is -3.57. The number of imidazole rings is 1. The third-order valence-corrected chi connectivity index (χ3v) is 5.22. The molecule has 2 heterocycles. The Kier molecular flexibility index (Phi) is 3.74. The molecule has 1 aliphatic rings. The summed E-state index contributed by atoms with van der Waals surface area (Å²) in [5.74, 6) is 0.691. The summed E-state index contributed by atoms with van der Waals surface area (Å²) < 4.78 is 28.0. The molecule has 0 unspecified atom stereocenters. The van der Waals surface area contributed by atoms with Crippen LogP contribution in [0.2, 0.25) is 0 Å². The average Bonchev–Trinajstić information content (AvgIpc) is 2.94. The highest BCUT2D eigenvalue weighted by molar-refractivity contribution is 7.89. The van der Waals surface area contributed by atoms with Crippen LogP contribution in [0.3, 0.4) is 0 Å². The Hall–Kier alpha value is -0.920. The highest BCUT2D eigenvalue weighted by Gasteiger charge is 2.36. The Morgan fingerprint density at radius 1 is 1.56 bits per heavy atom. The molecule has 1 saturated heterocycles. The van der Waals surface area contributed by atoms with Crippen molar-refractivity contribution >= 4 is 10.0 Å². The highest BCUT2D eigenvalue weighted by Crippen LogP contribution is 2.25. The van der Waals surface area contributed by atoms with E-state index in [1.54, 1.807) is 17.7 Å². The van der Waals surface area contributed by atoms with Crippen LogP contribution in [0, 0.1) is 6.92 Å². The van der Waals surface area contributed by atoms with Crippen LogP contribution in [0.25, 0.3) is 0 Å². The van der Waals surface area contributed by atoms with Gasteiger partial charge in [0.2, 0.25) is 0 Å². The summed E-state index contributed by atoms with van der Waals surface area (Å²) >= 11 is 0. The molecule has 1 atom stereocenters. The summed E-state index contributed by atoms with van der Waals surface area (Å²) in [5, 5.41) is 9.31. The van der Waals surface area contributed by atoms with E-state index in [2.05, 4.69) is 4.98 Å². The zero-order chi connectivity index (χ0) is 13.3. The highest BCUT2D eigenvalue weighted by atomic mass is 32.2. The number of sulfonamides is 1. The van der Waals surface area contributed by atoms with Gasteiger partial charge in [-0.15, -0.1) is 0 Å². The average molecular weight is 273 g/mol. The van der Waals surface area contributed by atoms with Crippen molar-refractivity contribution in [2.24, 2.45) is 0 Å². The zero-order valence-electron chi connectivity index (χ0n) is 10.7. The minimum absolute atomic E-state index is 0.0854. The van der Waals surface area contributed by atoms with Crippen molar-refractivity contribution in [2.75, 3.05) is 13.2 Å². The first-order chi connectivity index (χ1) is 8.50. The molecule has 0 aliphatic carbocycles. The molecule has 0 bridgehead atoms. The van der Waals surface area contributed by atoms with E-state index in [0.29, 0.717) is 25.3 Å². The third-order valence-electron chi connectivity index (χ3n) is 3.40. The molecule has 0 spiro atoms. The van der Waals surface area contributed by atoms with E-state index in [1.165, 1.54) is 4.31 Å². The van der Waals surface area contributed by atoms with Crippen molar-refractivity contribution < 1.29 is 13.5 Å². The second kappa shape index (κ2) is 4.99. The molecule has 18 heavy (non-hydrogen) atoms. The van der Waals surface area contributed by atoms with Crippen molar-refractivity contribution in [3.8, 4) is 0 Å². The van der Waals surface area contributed by atoms with E-state index in [0.717, 1.165) is 6.42 Å². The Balaban J connectivity index is 2.35. The van der Waals surface area contributed by atoms with E-state index >= 15 is 0 Å². The molecule has 7 heteroatoms. The van der Waals surface area contributed by atoms with Gasteiger partial charge < -0.3 is 9.67 Å². The molecule has 0 saturated carbocycles. The summed E-state index contributed by atoms with van der Waals surface area (Å²) in [6.07, 6.45) is 3.07. The van der Waals surface area contributed by atoms with Crippen LogP contribution >= 0.6 is 0 Å². The van der Waals surface area contributed by atoms with Crippen LogP contribution < -0.4 is 0 Å². The van der Waals surface area contributed by atoms with Gasteiger partial charge in [-0.3, -0.25) is 0 Å². The fraction of sp³-hybridized carbons (Fsp3) is 0.727. The SMILES string of the molecule is CCn1cc(S(=O)(=O)N2CCC[C@H]2CO)nc1C. The van der Waals surface area contributed by atoms with Gasteiger partial charge in [0.05, 0.1) is 6.61 Å². The van der Waals surface area contributed by atoms with Gasteiger partial charge in [-0.05, 0) is 26.7 Å². The molecule has 1 aromatic heterocycles. The van der Waals surface area contributed by atoms with Crippen LogP contribution in [0.1, 0.15) is 25.6 Å². The third kappa shape index (κ3) is 2.17. The predicted octanol–water partition coefficient (Wildman–Crippen LogP) is 0.357. The van der Waals surface area contributed by atoms with Crippen molar-refractivity contribution in [1.82, 2.24) is 13.9 Å². The summed E-state index contributed by atoms with van der Waals surface area (Å²) in [7, 11) is -3.57. The van der Waals surface area contributed by atoms with Crippen molar-refractivity contribution in [3.05, 3.63) is 12.0 Å². The van der Waals surface area contributed by atoms with Crippen LogP contribution in [0.5, 0.6) is 0 Å². The molecule has 1 fully saturated rings. The number of nitrogens with zero attached hydrogens (tertiary/aromatic N) is 3. The quantitative estimate of drug-likeness (QED) is 0.859. The monoisotopic (exact) mass is 273 g/mol. The molecule has 2 rings (SSSR count). The smallest absolute Gasteiger partial charge is 0.262 e. The van der Waals surface area contributed by atoms with E-state index in [1.807, 2.05) is 6.92 Å². The Bertz CT molecular complexity index is 524. The number of aliphatic hydroxyl groups is 1. The lowest BCUT2D eigenvalue weighted by atomic mass is 10.2. The fourth-order valence-electron chi connectivity index (χ4n) is 2.35. The second-order valence-corrected chi connectivity index (χ2v) is 6.34. The summed E-state index contributed by atoms with van der Waals surface area (Å²) in [6.45, 7) is 4.75. The lowest BCUT2D eigenvalue weighted by Gasteiger charge is -2.20. The van der Waals surface area contributed by atoms with E-state index < -0.39 is 10.0 Å². The van der Waals surface area contributed by atoms with Crippen molar-refractivity contribution in [3.63, 3.8) is 0 Å². The largest absolute Gasteiger partial charge is 0.395 e. The maximum Gasteiger partial charge on any atom is 0.262 e. The molecule has 1 aliphatic heterocycles. The van der Waals surface area contributed by atoms with Gasteiger partial charge in [0.1, 0.15) is 5.82 Å². The van der Waals surface area contributed by atoms with E-state index in [9.17, 15) is 13.5 Å². The van der Waals surface area contributed by atoms with Gasteiger partial charge in [-0.1, -0.05) is 0 Å². The van der Waals surface area contributed by atoms with Crippen LogP contribution in [-0.4, -0.2) is 46.6 Å². The maximum absolute atomic E-state index is 12.4. The van der Waals surface area contributed by atoms with E-state index in [-0.39, 0.29) is 17.7 Å². The molecule has 0 aromatic carbocycles. The van der Waals surface area contributed by atoms with Gasteiger partial charge in [0, 0.05) is 25.3 Å². The Labute approximate surface area is 107 Å². The molecule has 0 amide bonds. The molecular weight excluding hydrogens is 254 g/mol. The molecule has 102 valence electrons. The number of rotatable bonds is 4. The van der Waals surface area contributed by atoms with Gasteiger partial charge in [-0.2, -0.15) is 4.31 Å². The van der Waals surface area contributed by atoms with Gasteiger partial charge in [-0.25, -0.2) is 13.4 Å². The predicted molar refractivity (Wildman–Crippen MR) is 66.6 cm³/mol. The summed E-state index contributed by atoms with van der Waals surface area (Å²) in [5.41, 5.74) is 0. The lowest BCUT2D eigenvalue weighted by molar-refractivity contribution is 0.213. The van der Waals surface area contributed by atoms with Crippen LogP contribution in [0.15, 0.2) is 11.2 Å². The van der Waals surface area contributed by atoms with Gasteiger partial charge in [0.15, 0.2) is 5.03 Å². The summed E-state index contributed by atoms with van der Waals surface area (Å²) in [6, 6.07) is -0.304. The number of aromatic nitrogens is 2. The first kappa shape index (κ1) is 13.5. The zero-order valence-corrected chi connectivity index (χ0v) is 11.5. The lowest BCUT2D eigenvalue weighted by Crippen LogP contribution is -2.37. The molecular formula is C11H19N3O3S. The summed E-state index contributed by atoms with van der Waals surface area (Å²) in [4.78, 5) is 4.12. The molecule has 0 radical (unpaired) electrons. The maximum atomic E-state index is 12.4. The fourth-order valence-corrected chi connectivity index (χ4v) is 4.03. The number of aliphatic hydroxyl groups excluding tert-OH is 1. The standard InChI is InChI=1S/C11H19N3O3S/c1-3-13-7-11(12-9(13)2)18(16,17)14-6-4-5-10(14)8-15/h7,10,15H,3-6,8H2,1-2H3/t10-/m0/s1. The number of aryl methyl sites for hydroxylation is 2. The van der Waals surface area contributed by atoms with Crippen molar-refractivity contribution in [2.45, 2.75) is 44.3 Å². The Morgan fingerprint density at radius 3 is 2.83 bits per heavy atom. The van der Waals surface area contributed by atoms with Crippen LogP contribution in [0.4, 0.5) is 0 Å². The topological polar surface area (TPSA) is 75.4 Å².